The largest absolute Gasteiger partial charge is 0.487 e. The number of hydrogen-bond donors (Lipinski definition) is 1. The fourth-order valence-electron chi connectivity index (χ4n) is 2.83. The summed E-state index contributed by atoms with van der Waals surface area (Å²) < 4.78 is 10.7. The summed E-state index contributed by atoms with van der Waals surface area (Å²) in [6.45, 7) is 5.45. The lowest BCUT2D eigenvalue weighted by Gasteiger charge is -2.42. The first-order chi connectivity index (χ1) is 10.2. The van der Waals surface area contributed by atoms with E-state index in [1.165, 1.54) is 18.2 Å². The number of rotatable bonds is 4. The van der Waals surface area contributed by atoms with Gasteiger partial charge >= 0.3 is 5.97 Å². The van der Waals surface area contributed by atoms with Crippen LogP contribution in [0.5, 0.6) is 5.75 Å². The molecule has 1 aromatic carbocycles. The molecular formula is C15H19NO6. The normalized spacial score (nSPS) is 22.4. The van der Waals surface area contributed by atoms with Crippen molar-refractivity contribution < 1.29 is 24.3 Å². The maximum atomic E-state index is 11.8. The third kappa shape index (κ3) is 3.19. The van der Waals surface area contributed by atoms with E-state index in [4.69, 9.17) is 9.47 Å². The summed E-state index contributed by atoms with van der Waals surface area (Å²) in [5, 5.41) is 21.9. The van der Waals surface area contributed by atoms with Gasteiger partial charge in [-0.25, -0.2) is 0 Å². The van der Waals surface area contributed by atoms with Crippen LogP contribution in [0.1, 0.15) is 39.2 Å². The summed E-state index contributed by atoms with van der Waals surface area (Å²) in [6.07, 6.45) is -0.144. The first kappa shape index (κ1) is 16.2. The van der Waals surface area contributed by atoms with Crippen LogP contribution in [0.2, 0.25) is 0 Å². The number of esters is 1. The Morgan fingerprint density at radius 1 is 1.50 bits per heavy atom. The third-order valence-corrected chi connectivity index (χ3v) is 3.52. The molecule has 1 aromatic rings. The SMILES string of the molecule is CCOC(=O)CC1(O)CC(C)(C)Oc2ccc([N+](=O)[O-])cc21. The summed E-state index contributed by atoms with van der Waals surface area (Å²) in [7, 11) is 0. The van der Waals surface area contributed by atoms with Crippen molar-refractivity contribution in [3.05, 3.63) is 33.9 Å². The molecule has 7 heteroatoms. The highest BCUT2D eigenvalue weighted by molar-refractivity contribution is 5.71. The van der Waals surface area contributed by atoms with Gasteiger partial charge in [-0.05, 0) is 26.8 Å². The lowest BCUT2D eigenvalue weighted by Crippen LogP contribution is -2.45. The Hall–Kier alpha value is -2.15. The Labute approximate surface area is 128 Å². The maximum Gasteiger partial charge on any atom is 0.309 e. The van der Waals surface area contributed by atoms with E-state index in [0.29, 0.717) is 5.75 Å². The molecule has 120 valence electrons. The molecule has 1 N–H and O–H groups in total. The number of benzene rings is 1. The van der Waals surface area contributed by atoms with Crippen LogP contribution in [0.25, 0.3) is 0 Å². The molecule has 0 aliphatic carbocycles. The molecule has 0 radical (unpaired) electrons. The van der Waals surface area contributed by atoms with Crippen LogP contribution in [0.4, 0.5) is 5.69 Å². The second-order valence-corrected chi connectivity index (χ2v) is 5.99. The molecule has 1 atom stereocenters. The molecule has 2 rings (SSSR count). The van der Waals surface area contributed by atoms with Crippen LogP contribution < -0.4 is 4.74 Å². The summed E-state index contributed by atoms with van der Waals surface area (Å²) in [5.41, 5.74) is -2.18. The Morgan fingerprint density at radius 2 is 2.18 bits per heavy atom. The summed E-state index contributed by atoms with van der Waals surface area (Å²) in [6, 6.07) is 4.01. The second kappa shape index (κ2) is 5.57. The Balaban J connectivity index is 2.47. The Kier molecular flexibility index (Phi) is 4.10. The Morgan fingerprint density at radius 3 is 2.77 bits per heavy atom. The molecule has 0 saturated carbocycles. The van der Waals surface area contributed by atoms with Crippen LogP contribution in [0.3, 0.4) is 0 Å². The summed E-state index contributed by atoms with van der Waals surface area (Å²) >= 11 is 0. The van der Waals surface area contributed by atoms with E-state index in [1.54, 1.807) is 20.8 Å². The van der Waals surface area contributed by atoms with Gasteiger partial charge < -0.3 is 14.6 Å². The molecule has 0 amide bonds. The number of nitro groups is 1. The molecule has 0 fully saturated rings. The van der Waals surface area contributed by atoms with Crippen molar-refractivity contribution in [2.24, 2.45) is 0 Å². The number of aliphatic hydroxyl groups is 1. The fourth-order valence-corrected chi connectivity index (χ4v) is 2.83. The lowest BCUT2D eigenvalue weighted by molar-refractivity contribution is -0.385. The first-order valence-electron chi connectivity index (χ1n) is 7.03. The average Bonchev–Trinajstić information content (AvgIpc) is 2.36. The monoisotopic (exact) mass is 309 g/mol. The molecular weight excluding hydrogens is 290 g/mol. The van der Waals surface area contributed by atoms with Crippen molar-refractivity contribution in [1.82, 2.24) is 0 Å². The van der Waals surface area contributed by atoms with Crippen molar-refractivity contribution in [1.29, 1.82) is 0 Å². The smallest absolute Gasteiger partial charge is 0.309 e. The van der Waals surface area contributed by atoms with E-state index in [0.717, 1.165) is 0 Å². The first-order valence-corrected chi connectivity index (χ1v) is 7.03. The lowest BCUT2D eigenvalue weighted by atomic mass is 9.78. The van der Waals surface area contributed by atoms with Gasteiger partial charge in [0.1, 0.15) is 17.0 Å². The van der Waals surface area contributed by atoms with E-state index in [9.17, 15) is 20.0 Å². The molecule has 7 nitrogen and oxygen atoms in total. The summed E-state index contributed by atoms with van der Waals surface area (Å²) in [5.74, 6) is -0.214. The van der Waals surface area contributed by atoms with Crippen LogP contribution in [0.15, 0.2) is 18.2 Å². The van der Waals surface area contributed by atoms with Gasteiger partial charge in [-0.1, -0.05) is 0 Å². The highest BCUT2D eigenvalue weighted by Crippen LogP contribution is 2.46. The van der Waals surface area contributed by atoms with E-state index < -0.39 is 22.1 Å². The quantitative estimate of drug-likeness (QED) is 0.520. The highest BCUT2D eigenvalue weighted by Gasteiger charge is 2.46. The van der Waals surface area contributed by atoms with Crippen LogP contribution in [-0.4, -0.2) is 28.2 Å². The average molecular weight is 309 g/mol. The molecule has 1 heterocycles. The number of ether oxygens (including phenoxy) is 2. The van der Waals surface area contributed by atoms with E-state index in [-0.39, 0.29) is 30.7 Å². The molecule has 1 aliphatic rings. The molecule has 0 spiro atoms. The van der Waals surface area contributed by atoms with Crippen LogP contribution in [0, 0.1) is 10.1 Å². The fraction of sp³-hybridized carbons (Fsp3) is 0.533. The zero-order valence-electron chi connectivity index (χ0n) is 12.8. The van der Waals surface area contributed by atoms with Crippen LogP contribution >= 0.6 is 0 Å². The number of nitro benzene ring substituents is 1. The topological polar surface area (TPSA) is 98.9 Å². The Bertz CT molecular complexity index is 612. The number of nitrogens with zero attached hydrogens (tertiary/aromatic N) is 1. The molecule has 0 saturated heterocycles. The molecule has 1 aliphatic heterocycles. The number of carbonyl (C=O) groups is 1. The molecule has 22 heavy (non-hydrogen) atoms. The van der Waals surface area contributed by atoms with Gasteiger partial charge in [0, 0.05) is 24.1 Å². The summed E-state index contributed by atoms with van der Waals surface area (Å²) in [4.78, 5) is 22.2. The zero-order valence-corrected chi connectivity index (χ0v) is 12.8. The second-order valence-electron chi connectivity index (χ2n) is 5.99. The van der Waals surface area contributed by atoms with Crippen molar-refractivity contribution in [2.45, 2.75) is 44.8 Å². The number of non-ortho nitro benzene ring substituents is 1. The van der Waals surface area contributed by atoms with Gasteiger partial charge in [0.2, 0.25) is 0 Å². The predicted molar refractivity (Wildman–Crippen MR) is 77.6 cm³/mol. The van der Waals surface area contributed by atoms with Gasteiger partial charge in [0.15, 0.2) is 0 Å². The number of fused-ring (bicyclic) bond motifs is 1. The maximum absolute atomic E-state index is 11.8. The molecule has 1 unspecified atom stereocenters. The van der Waals surface area contributed by atoms with E-state index >= 15 is 0 Å². The minimum atomic E-state index is -1.56. The van der Waals surface area contributed by atoms with Gasteiger partial charge in [0.25, 0.3) is 5.69 Å². The van der Waals surface area contributed by atoms with Gasteiger partial charge in [0.05, 0.1) is 18.0 Å². The number of hydrogen-bond acceptors (Lipinski definition) is 6. The highest BCUT2D eigenvalue weighted by atomic mass is 16.6. The van der Waals surface area contributed by atoms with Crippen molar-refractivity contribution in [2.75, 3.05) is 6.61 Å². The molecule has 0 bridgehead atoms. The van der Waals surface area contributed by atoms with Gasteiger partial charge in [-0.3, -0.25) is 14.9 Å². The van der Waals surface area contributed by atoms with E-state index in [2.05, 4.69) is 0 Å². The van der Waals surface area contributed by atoms with Gasteiger partial charge in [-0.15, -0.1) is 0 Å². The number of carbonyl (C=O) groups excluding carboxylic acids is 1. The van der Waals surface area contributed by atoms with E-state index in [1.807, 2.05) is 0 Å². The standard InChI is InChI=1S/C15H19NO6/c1-4-21-13(17)8-15(18)9-14(2,3)22-12-6-5-10(16(19)20)7-11(12)15/h5-7,18H,4,8-9H2,1-3H3. The van der Waals surface area contributed by atoms with Gasteiger partial charge in [-0.2, -0.15) is 0 Å². The predicted octanol–water partition coefficient (Wildman–Crippen LogP) is 2.30. The third-order valence-electron chi connectivity index (χ3n) is 3.52. The van der Waals surface area contributed by atoms with Crippen molar-refractivity contribution >= 4 is 11.7 Å². The van der Waals surface area contributed by atoms with Crippen LogP contribution in [-0.2, 0) is 15.1 Å². The molecule has 0 aromatic heterocycles. The minimum absolute atomic E-state index is 0.132. The van der Waals surface area contributed by atoms with Crippen molar-refractivity contribution in [3.8, 4) is 5.75 Å². The minimum Gasteiger partial charge on any atom is -0.487 e. The van der Waals surface area contributed by atoms with Crippen molar-refractivity contribution in [3.63, 3.8) is 0 Å². The zero-order chi connectivity index (χ0) is 16.5.